The molecule has 1 aliphatic rings. The summed E-state index contributed by atoms with van der Waals surface area (Å²) in [4.78, 5) is 10.6. The molecule has 0 spiro atoms. The highest BCUT2D eigenvalue weighted by molar-refractivity contribution is 5.75. The molecule has 0 aromatic heterocycles. The number of unbranched alkanes of at least 4 members (excludes halogenated alkanes) is 12. The molecule has 0 bridgehead atoms. The zero-order valence-corrected chi connectivity index (χ0v) is 14.5. The molecule has 1 aliphatic heterocycles. The van der Waals surface area contributed by atoms with Crippen LogP contribution in [0.4, 0.5) is 0 Å². The Morgan fingerprint density at radius 3 is 1.59 bits per heavy atom. The molecule has 1 fully saturated rings. The van der Waals surface area contributed by atoms with E-state index in [1.54, 1.807) is 0 Å². The molecule has 0 aromatic carbocycles. The summed E-state index contributed by atoms with van der Waals surface area (Å²) in [5.41, 5.74) is 0. The van der Waals surface area contributed by atoms with Crippen molar-refractivity contribution in [1.29, 1.82) is 0 Å². The van der Waals surface area contributed by atoms with E-state index >= 15 is 0 Å². The summed E-state index contributed by atoms with van der Waals surface area (Å²) in [7, 11) is 0. The Morgan fingerprint density at radius 1 is 0.818 bits per heavy atom. The van der Waals surface area contributed by atoms with E-state index in [0.29, 0.717) is 0 Å². The van der Waals surface area contributed by atoms with Gasteiger partial charge in [-0.05, 0) is 6.42 Å². The Kier molecular flexibility index (Phi) is 13.6. The van der Waals surface area contributed by atoms with Crippen LogP contribution in [0.1, 0.15) is 96.8 Å². The van der Waals surface area contributed by atoms with Crippen LogP contribution >= 0.6 is 0 Å². The molecule has 1 rings (SSSR count). The van der Waals surface area contributed by atoms with Crippen LogP contribution in [0, 0.1) is 0 Å². The fraction of sp³-hybridized carbons (Fsp3) is 0.944. The minimum atomic E-state index is -0.797. The van der Waals surface area contributed by atoms with Crippen molar-refractivity contribution in [3.05, 3.63) is 0 Å². The van der Waals surface area contributed by atoms with Crippen molar-refractivity contribution >= 4 is 5.97 Å². The van der Waals surface area contributed by atoms with E-state index in [9.17, 15) is 4.79 Å². The molecular weight excluding hydrogens is 278 g/mol. The Labute approximate surface area is 136 Å². The number of carboxylic acid groups (broad SMARTS) is 1. The fourth-order valence-corrected chi connectivity index (χ4v) is 2.94. The highest BCUT2D eigenvalue weighted by Gasteiger charge is 2.44. The predicted molar refractivity (Wildman–Crippen MR) is 91.6 cm³/mol. The Balaban J connectivity index is 0.00000441. The maximum Gasteiger partial charge on any atom is 0.335 e. The van der Waals surface area contributed by atoms with Crippen LogP contribution in [0.5, 0.6) is 0 Å². The summed E-state index contributed by atoms with van der Waals surface area (Å²) in [6.07, 6.45) is 18.0. The van der Waals surface area contributed by atoms with Crippen LogP contribution in [0.3, 0.4) is 0 Å². The van der Waals surface area contributed by atoms with Gasteiger partial charge in [0.05, 0.1) is 6.10 Å². The Hall–Kier alpha value is -0.610. The second-order valence-electron chi connectivity index (χ2n) is 6.46. The molecule has 0 aromatic rings. The van der Waals surface area contributed by atoms with Crippen LogP contribution in [-0.2, 0) is 9.53 Å². The summed E-state index contributed by atoms with van der Waals surface area (Å²) in [5.74, 6) is -0.797. The lowest BCUT2D eigenvalue weighted by Gasteiger charge is -2.02. The summed E-state index contributed by atoms with van der Waals surface area (Å²) < 4.78 is 5.09. The van der Waals surface area contributed by atoms with Gasteiger partial charge in [-0.15, -0.1) is 0 Å². The highest BCUT2D eigenvalue weighted by Crippen LogP contribution is 2.27. The molecule has 2 unspecified atom stereocenters. The van der Waals surface area contributed by atoms with Crippen LogP contribution in [0.15, 0.2) is 0 Å². The lowest BCUT2D eigenvalue weighted by atomic mass is 10.0. The summed E-state index contributed by atoms with van der Waals surface area (Å²) in [6, 6.07) is 0. The van der Waals surface area contributed by atoms with Gasteiger partial charge in [0, 0.05) is 0 Å². The maximum absolute atomic E-state index is 10.6. The molecule has 4 heteroatoms. The van der Waals surface area contributed by atoms with Gasteiger partial charge in [-0.3, -0.25) is 0 Å². The van der Waals surface area contributed by atoms with Crippen molar-refractivity contribution in [2.24, 2.45) is 0 Å². The van der Waals surface area contributed by atoms with Crippen molar-refractivity contribution < 1.29 is 14.6 Å². The standard InChI is InChI=1S/C18H34O3.H3N/c1-2-3-4-5-6-7-8-9-10-11-12-13-14-15-16-17(21-16)18(19)20;/h16-17H,2-15H2,1H3,(H,19,20);1H3. The summed E-state index contributed by atoms with van der Waals surface area (Å²) in [5, 5.41) is 8.70. The number of aliphatic carboxylic acids is 1. The predicted octanol–water partition coefficient (Wildman–Crippen LogP) is 5.48. The van der Waals surface area contributed by atoms with Gasteiger partial charge < -0.3 is 16.0 Å². The third-order valence-electron chi connectivity index (χ3n) is 4.42. The van der Waals surface area contributed by atoms with Crippen LogP contribution in [-0.4, -0.2) is 23.3 Å². The normalized spacial score (nSPS) is 19.7. The molecule has 4 N–H and O–H groups in total. The van der Waals surface area contributed by atoms with E-state index in [2.05, 4.69) is 6.92 Å². The monoisotopic (exact) mass is 315 g/mol. The lowest BCUT2D eigenvalue weighted by Crippen LogP contribution is -2.07. The van der Waals surface area contributed by atoms with Gasteiger partial charge in [0.2, 0.25) is 0 Å². The van der Waals surface area contributed by atoms with E-state index in [4.69, 9.17) is 9.84 Å². The first-order valence-electron chi connectivity index (χ1n) is 9.14. The zero-order chi connectivity index (χ0) is 15.3. The van der Waals surface area contributed by atoms with Gasteiger partial charge in [-0.25, -0.2) is 4.79 Å². The first-order valence-corrected chi connectivity index (χ1v) is 9.14. The first kappa shape index (κ1) is 21.4. The SMILES string of the molecule is CCCCCCCCCCCCCCCC1OC1C(=O)O.N. The largest absolute Gasteiger partial charge is 0.479 e. The second-order valence-corrected chi connectivity index (χ2v) is 6.46. The van der Waals surface area contributed by atoms with E-state index in [-0.39, 0.29) is 12.3 Å². The van der Waals surface area contributed by atoms with Crippen molar-refractivity contribution in [2.45, 2.75) is 109 Å². The van der Waals surface area contributed by atoms with E-state index in [1.807, 2.05) is 0 Å². The fourth-order valence-electron chi connectivity index (χ4n) is 2.94. The second kappa shape index (κ2) is 14.0. The molecule has 0 saturated carbocycles. The van der Waals surface area contributed by atoms with Gasteiger partial charge in [0.15, 0.2) is 6.10 Å². The number of ether oxygens (including phenoxy) is 1. The molecule has 4 nitrogen and oxygen atoms in total. The average Bonchev–Trinajstić information content (AvgIpc) is 3.24. The van der Waals surface area contributed by atoms with Crippen molar-refractivity contribution in [3.8, 4) is 0 Å². The van der Waals surface area contributed by atoms with Gasteiger partial charge in [-0.1, -0.05) is 90.4 Å². The minimum Gasteiger partial charge on any atom is -0.479 e. The van der Waals surface area contributed by atoms with Crippen molar-refractivity contribution in [1.82, 2.24) is 6.15 Å². The van der Waals surface area contributed by atoms with Gasteiger partial charge in [0.25, 0.3) is 0 Å². The van der Waals surface area contributed by atoms with Gasteiger partial charge >= 0.3 is 5.97 Å². The lowest BCUT2D eigenvalue weighted by molar-refractivity contribution is -0.138. The van der Waals surface area contributed by atoms with E-state index in [1.165, 1.54) is 77.0 Å². The smallest absolute Gasteiger partial charge is 0.335 e. The van der Waals surface area contributed by atoms with Crippen molar-refractivity contribution in [2.75, 3.05) is 0 Å². The molecule has 22 heavy (non-hydrogen) atoms. The molecule has 132 valence electrons. The molecule has 0 amide bonds. The third-order valence-corrected chi connectivity index (χ3v) is 4.42. The average molecular weight is 315 g/mol. The molecule has 1 heterocycles. The summed E-state index contributed by atoms with van der Waals surface area (Å²) in [6.45, 7) is 2.27. The highest BCUT2D eigenvalue weighted by atomic mass is 16.6. The van der Waals surface area contributed by atoms with Gasteiger partial charge in [-0.2, -0.15) is 0 Å². The van der Waals surface area contributed by atoms with E-state index in [0.717, 1.165) is 12.8 Å². The van der Waals surface area contributed by atoms with Crippen LogP contribution < -0.4 is 6.15 Å². The number of carboxylic acids is 1. The van der Waals surface area contributed by atoms with Gasteiger partial charge in [0.1, 0.15) is 0 Å². The molecular formula is C18H37NO3. The Bertz CT molecular complexity index is 271. The topological polar surface area (TPSA) is 84.8 Å². The third kappa shape index (κ3) is 11.0. The van der Waals surface area contributed by atoms with Crippen molar-refractivity contribution in [3.63, 3.8) is 0 Å². The molecule has 1 saturated heterocycles. The minimum absolute atomic E-state index is 0. The number of rotatable bonds is 15. The van der Waals surface area contributed by atoms with Crippen LogP contribution in [0.2, 0.25) is 0 Å². The molecule has 0 aliphatic carbocycles. The number of hydrogen-bond donors (Lipinski definition) is 2. The van der Waals surface area contributed by atoms with E-state index < -0.39 is 12.1 Å². The first-order chi connectivity index (χ1) is 10.3. The number of hydrogen-bond acceptors (Lipinski definition) is 3. The maximum atomic E-state index is 10.6. The molecule has 0 radical (unpaired) electrons. The summed E-state index contributed by atoms with van der Waals surface area (Å²) >= 11 is 0. The number of epoxide rings is 1. The quantitative estimate of drug-likeness (QED) is 0.309. The van der Waals surface area contributed by atoms with Crippen LogP contribution in [0.25, 0.3) is 0 Å². The molecule has 2 atom stereocenters. The zero-order valence-electron chi connectivity index (χ0n) is 14.5. The Morgan fingerprint density at radius 2 is 1.23 bits per heavy atom. The number of carbonyl (C=O) groups is 1.